The summed E-state index contributed by atoms with van der Waals surface area (Å²) in [6, 6.07) is 35.6. The van der Waals surface area contributed by atoms with Crippen LogP contribution >= 0.6 is 0 Å². The smallest absolute Gasteiger partial charge is 0.0105 e. The zero-order valence-electron chi connectivity index (χ0n) is 24.6. The Balaban J connectivity index is 1.53. The number of benzene rings is 4. The molecule has 0 saturated heterocycles. The molecule has 0 nitrogen and oxygen atoms in total. The van der Waals surface area contributed by atoms with Crippen molar-refractivity contribution in [1.29, 1.82) is 0 Å². The van der Waals surface area contributed by atoms with Gasteiger partial charge in [0.2, 0.25) is 0 Å². The fraction of sp³-hybridized carbons (Fsp3) is 0.300. The molecule has 0 radical (unpaired) electrons. The van der Waals surface area contributed by atoms with E-state index in [1.165, 1.54) is 109 Å². The first-order valence-corrected chi connectivity index (χ1v) is 15.5. The summed E-state index contributed by atoms with van der Waals surface area (Å²) in [7, 11) is 0. The third-order valence-electron chi connectivity index (χ3n) is 7.72. The van der Waals surface area contributed by atoms with Gasteiger partial charge in [0.05, 0.1) is 0 Å². The molecule has 0 aliphatic heterocycles. The number of unbranched alkanes of at least 4 members (excludes halogenated alkanes) is 6. The molecule has 0 aromatic heterocycles. The van der Waals surface area contributed by atoms with Gasteiger partial charge < -0.3 is 0 Å². The first-order chi connectivity index (χ1) is 19.8. The third-order valence-corrected chi connectivity index (χ3v) is 7.72. The van der Waals surface area contributed by atoms with Crippen LogP contribution in [-0.4, -0.2) is 0 Å². The van der Waals surface area contributed by atoms with E-state index in [1.807, 2.05) is 0 Å². The summed E-state index contributed by atoms with van der Waals surface area (Å²) in [6.45, 7) is 4.54. The van der Waals surface area contributed by atoms with Crippen molar-refractivity contribution in [2.75, 3.05) is 0 Å². The lowest BCUT2D eigenvalue weighted by Gasteiger charge is -2.11. The standard InChI is InChI=1S/C40H46/c1-3-5-7-10-15-33-21-25-35(26-22-33)29-31-38-19-14-20-39(37-17-12-9-13-18-37)40(38)32-30-36-27-23-34(24-28-36)16-11-8-6-4-2/h9,12-14,17-32H,3-8,10-11,15-16H2,1-2H3. The van der Waals surface area contributed by atoms with Crippen LogP contribution in [0.3, 0.4) is 0 Å². The fourth-order valence-electron chi connectivity index (χ4n) is 5.25. The molecule has 40 heavy (non-hydrogen) atoms. The Labute approximate surface area is 243 Å². The molecule has 0 aliphatic rings. The van der Waals surface area contributed by atoms with Gasteiger partial charge in [-0.15, -0.1) is 0 Å². The van der Waals surface area contributed by atoms with Gasteiger partial charge in [-0.25, -0.2) is 0 Å². The topological polar surface area (TPSA) is 0 Å². The van der Waals surface area contributed by atoms with Crippen molar-refractivity contribution in [2.45, 2.75) is 78.1 Å². The number of hydrogen-bond donors (Lipinski definition) is 0. The van der Waals surface area contributed by atoms with E-state index in [4.69, 9.17) is 0 Å². The van der Waals surface area contributed by atoms with E-state index < -0.39 is 0 Å². The van der Waals surface area contributed by atoms with E-state index in [0.717, 1.165) is 0 Å². The second-order valence-corrected chi connectivity index (χ2v) is 10.9. The maximum absolute atomic E-state index is 2.29. The van der Waals surface area contributed by atoms with Crippen LogP contribution in [0.1, 0.15) is 98.6 Å². The van der Waals surface area contributed by atoms with Crippen molar-refractivity contribution in [3.63, 3.8) is 0 Å². The lowest BCUT2D eigenvalue weighted by Crippen LogP contribution is -1.89. The summed E-state index contributed by atoms with van der Waals surface area (Å²) < 4.78 is 0. The van der Waals surface area contributed by atoms with Crippen LogP contribution in [0.4, 0.5) is 0 Å². The largest absolute Gasteiger partial charge is 0.0654 e. The van der Waals surface area contributed by atoms with E-state index >= 15 is 0 Å². The maximum Gasteiger partial charge on any atom is -0.0105 e. The summed E-state index contributed by atoms with van der Waals surface area (Å²) in [5.74, 6) is 0. The zero-order chi connectivity index (χ0) is 27.8. The fourth-order valence-corrected chi connectivity index (χ4v) is 5.25. The Morgan fingerprint density at radius 2 is 1.00 bits per heavy atom. The van der Waals surface area contributed by atoms with Gasteiger partial charge >= 0.3 is 0 Å². The molecule has 0 unspecified atom stereocenters. The van der Waals surface area contributed by atoms with Crippen molar-refractivity contribution >= 4 is 24.3 Å². The van der Waals surface area contributed by atoms with Gasteiger partial charge in [0, 0.05) is 0 Å². The Morgan fingerprint density at radius 3 is 1.55 bits per heavy atom. The minimum Gasteiger partial charge on any atom is -0.0654 e. The van der Waals surface area contributed by atoms with Gasteiger partial charge in [-0.3, -0.25) is 0 Å². The van der Waals surface area contributed by atoms with Crippen molar-refractivity contribution in [3.8, 4) is 11.1 Å². The summed E-state index contributed by atoms with van der Waals surface area (Å²) in [5, 5.41) is 0. The van der Waals surface area contributed by atoms with Crippen LogP contribution < -0.4 is 0 Å². The van der Waals surface area contributed by atoms with Crippen LogP contribution in [0, 0.1) is 0 Å². The van der Waals surface area contributed by atoms with Crippen LogP contribution in [0.15, 0.2) is 97.1 Å². The molecule has 0 N–H and O–H groups in total. The lowest BCUT2D eigenvalue weighted by atomic mass is 9.94. The quantitative estimate of drug-likeness (QED) is 0.107. The van der Waals surface area contributed by atoms with Crippen LogP contribution in [0.2, 0.25) is 0 Å². The first kappa shape index (κ1) is 29.3. The minimum atomic E-state index is 1.18. The third kappa shape index (κ3) is 9.23. The van der Waals surface area contributed by atoms with Crippen molar-refractivity contribution in [1.82, 2.24) is 0 Å². The molecule has 0 bridgehead atoms. The van der Waals surface area contributed by atoms with E-state index in [9.17, 15) is 0 Å². The molecule has 0 atom stereocenters. The van der Waals surface area contributed by atoms with E-state index in [0.29, 0.717) is 0 Å². The molecule has 0 spiro atoms. The van der Waals surface area contributed by atoms with Crippen molar-refractivity contribution in [2.24, 2.45) is 0 Å². The Bertz CT molecular complexity index is 1320. The summed E-state index contributed by atoms with van der Waals surface area (Å²) >= 11 is 0. The van der Waals surface area contributed by atoms with E-state index in [2.05, 4.69) is 135 Å². The minimum absolute atomic E-state index is 1.18. The molecule has 4 rings (SSSR count). The van der Waals surface area contributed by atoms with Gasteiger partial charge in [-0.2, -0.15) is 0 Å². The second kappa shape index (κ2) is 16.5. The molecule has 4 aromatic rings. The van der Waals surface area contributed by atoms with Crippen LogP contribution in [-0.2, 0) is 12.8 Å². The lowest BCUT2D eigenvalue weighted by molar-refractivity contribution is 0.667. The summed E-state index contributed by atoms with van der Waals surface area (Å²) in [5.41, 5.74) is 10.3. The maximum atomic E-state index is 2.29. The molecule has 0 heteroatoms. The summed E-state index contributed by atoms with van der Waals surface area (Å²) in [4.78, 5) is 0. The van der Waals surface area contributed by atoms with Gasteiger partial charge in [0.15, 0.2) is 0 Å². The number of hydrogen-bond acceptors (Lipinski definition) is 0. The average Bonchev–Trinajstić information content (AvgIpc) is 3.01. The number of aryl methyl sites for hydroxylation is 2. The molecule has 206 valence electrons. The van der Waals surface area contributed by atoms with Crippen LogP contribution in [0.5, 0.6) is 0 Å². The van der Waals surface area contributed by atoms with Crippen LogP contribution in [0.25, 0.3) is 35.4 Å². The van der Waals surface area contributed by atoms with Gasteiger partial charge in [0.25, 0.3) is 0 Å². The van der Waals surface area contributed by atoms with Crippen molar-refractivity contribution in [3.05, 3.63) is 130 Å². The SMILES string of the molecule is CCCCCCc1ccc(C=Cc2cccc(-c3ccccc3)c2C=Cc2ccc(CCCCCC)cc2)cc1. The average molecular weight is 527 g/mol. The zero-order valence-corrected chi connectivity index (χ0v) is 24.6. The highest BCUT2D eigenvalue weighted by Crippen LogP contribution is 2.29. The normalized spacial score (nSPS) is 11.6. The highest BCUT2D eigenvalue weighted by molar-refractivity contribution is 5.87. The van der Waals surface area contributed by atoms with Gasteiger partial charge in [-0.1, -0.05) is 174 Å². The molecule has 0 aliphatic carbocycles. The molecule has 0 amide bonds. The van der Waals surface area contributed by atoms with E-state index in [-0.39, 0.29) is 0 Å². The highest BCUT2D eigenvalue weighted by atomic mass is 14.1. The molecule has 0 fully saturated rings. The monoisotopic (exact) mass is 526 g/mol. The Morgan fingerprint density at radius 1 is 0.450 bits per heavy atom. The van der Waals surface area contributed by atoms with E-state index in [1.54, 1.807) is 0 Å². The molecular formula is C40H46. The molecule has 4 aromatic carbocycles. The predicted molar refractivity (Wildman–Crippen MR) is 178 cm³/mol. The highest BCUT2D eigenvalue weighted by Gasteiger charge is 2.07. The second-order valence-electron chi connectivity index (χ2n) is 10.9. The molecule has 0 saturated carbocycles. The first-order valence-electron chi connectivity index (χ1n) is 15.5. The Hall–Kier alpha value is -3.64. The van der Waals surface area contributed by atoms with Gasteiger partial charge in [0.1, 0.15) is 0 Å². The summed E-state index contributed by atoms with van der Waals surface area (Å²) in [6.07, 6.45) is 21.9. The Kier molecular flexibility index (Phi) is 12.1. The predicted octanol–water partition coefficient (Wildman–Crippen LogP) is 11.9. The van der Waals surface area contributed by atoms with Gasteiger partial charge in [-0.05, 0) is 70.2 Å². The van der Waals surface area contributed by atoms with Crippen molar-refractivity contribution < 1.29 is 0 Å². The number of rotatable bonds is 15. The molecular weight excluding hydrogens is 480 g/mol. The molecule has 0 heterocycles.